The molecule has 0 aliphatic carbocycles. The Morgan fingerprint density at radius 1 is 0.594 bits per heavy atom. The molecule has 0 radical (unpaired) electrons. The average molecular weight is 1500 g/mol. The second kappa shape index (κ2) is 43.0. The first kappa shape index (κ1) is 86.0. The molecule has 38 nitrogen and oxygen atoms in total. The molecule has 0 spiro atoms. The Balaban J connectivity index is 1.28. The number of nitro benzene ring substituents is 1. The largest absolute Gasteiger partial charge is 0.480 e. The molecule has 4 aromatic rings. The number of aromatic nitrogens is 3. The minimum absolute atomic E-state index is 0.0659. The number of nitrogens with zero attached hydrogens (tertiary/aromatic N) is 6. The van der Waals surface area contributed by atoms with Crippen LogP contribution in [0.15, 0.2) is 61.2 Å². The van der Waals surface area contributed by atoms with Crippen molar-refractivity contribution in [1.82, 2.24) is 82.4 Å². The SMILES string of the molecule is CSCCC(NC(=O)C(CC(C)C)NC(=O)[C@H](Cc1cnc[nH]1)NC(=O)CNC(=O)[C@@H](NC(=O)C(C)NC(=O)[C@H](Cc1c[nH]c2ccccc12)NC(=O)C(CCC(N)=O)NC(=O)c1ccc(CNC(=O)CN2CCN(CC(=O)O)CCN(CC(=O)O)CCN(CC(=O)O)CC2)c([N+](=O)[O-])c1)C(C)C)C(N)=O. The van der Waals surface area contributed by atoms with E-state index in [0.717, 1.165) is 6.07 Å². The average Bonchev–Trinajstić information content (AvgIpc) is 1.57. The number of amides is 11. The monoisotopic (exact) mass is 1500 g/mol. The van der Waals surface area contributed by atoms with Gasteiger partial charge in [0.1, 0.15) is 42.3 Å². The lowest BCUT2D eigenvalue weighted by molar-refractivity contribution is -0.385. The molecule has 11 amide bonds. The second-order valence-corrected chi connectivity index (χ2v) is 27.3. The van der Waals surface area contributed by atoms with E-state index in [1.165, 1.54) is 43.3 Å². The molecule has 5 rings (SSSR count). The summed E-state index contributed by atoms with van der Waals surface area (Å²) < 4.78 is 0. The normalized spacial score (nSPS) is 15.5. The van der Waals surface area contributed by atoms with Crippen molar-refractivity contribution in [3.63, 3.8) is 0 Å². The van der Waals surface area contributed by atoms with Gasteiger partial charge in [-0.2, -0.15) is 11.8 Å². The summed E-state index contributed by atoms with van der Waals surface area (Å²) in [5.74, 6) is -13.0. The maximum Gasteiger partial charge on any atom is 0.317 e. The third kappa shape index (κ3) is 29.5. The fraction of sp³-hybridized carbons (Fsp3) is 0.537. The first-order valence-electron chi connectivity index (χ1n) is 34.3. The van der Waals surface area contributed by atoms with Crippen LogP contribution in [-0.2, 0) is 81.7 Å². The Kier molecular flexibility index (Phi) is 34.9. The Morgan fingerprint density at radius 2 is 1.14 bits per heavy atom. The van der Waals surface area contributed by atoms with Gasteiger partial charge >= 0.3 is 17.9 Å². The van der Waals surface area contributed by atoms with Gasteiger partial charge in [-0.1, -0.05) is 45.9 Å². The molecule has 106 heavy (non-hydrogen) atoms. The molecular formula is C67H97N19O19S. The highest BCUT2D eigenvalue weighted by Gasteiger charge is 2.35. The van der Waals surface area contributed by atoms with Gasteiger partial charge in [0.25, 0.3) is 11.6 Å². The Morgan fingerprint density at radius 3 is 1.68 bits per heavy atom. The van der Waals surface area contributed by atoms with Crippen molar-refractivity contribution >= 4 is 111 Å². The standard InChI is InChI=1S/C67H97N19O19S/c1-38(2)25-49(65(101)77-47(60(69)96)15-24-106-6)79-66(102)51(28-44-31-70-37-74-44)76-54(88)32-73-67(103)59(39(3)4)81-61(97)40(5)75-64(100)50(26-43-30-71-46-10-8-7-9-45(43)46)80-63(99)48(13-14-53(68)87)78-62(98)41-11-12-42(52(27-41)86(104)105)29-72-55(89)33-82-16-18-83(34-56(90)91)20-22-85(36-58(94)95)23-21-84(19-17-82)35-57(92)93/h7-12,27,30-31,37-40,47-51,59,71H,13-26,28-29,32-36H2,1-6H3,(H2,68,87)(H2,69,96)(H,70,74)(H,72,89)(H,73,103)(H,75,100)(H,76,88)(H,77,101)(H,78,98)(H,79,102)(H,80,99)(H,81,97)(H,90,91)(H,92,93)(H,94,95)/t40?,47?,48?,49?,50-,51-,59-/m0/s1. The minimum Gasteiger partial charge on any atom is -0.480 e. The maximum absolute atomic E-state index is 14.5. The molecule has 1 saturated heterocycles. The van der Waals surface area contributed by atoms with Crippen LogP contribution in [0.2, 0.25) is 0 Å². The molecule has 18 N–H and O–H groups in total. The third-order valence-electron chi connectivity index (χ3n) is 17.1. The summed E-state index contributed by atoms with van der Waals surface area (Å²) in [6.07, 6.45) is 5.26. The van der Waals surface area contributed by atoms with E-state index in [-0.39, 0.29) is 108 Å². The van der Waals surface area contributed by atoms with E-state index >= 15 is 0 Å². The molecule has 0 bridgehead atoms. The number of H-pyrrole nitrogens is 2. The summed E-state index contributed by atoms with van der Waals surface area (Å²) in [7, 11) is 0. The lowest BCUT2D eigenvalue weighted by Gasteiger charge is -2.32. The number of carbonyl (C=O) groups is 14. The topological polar surface area (TPSA) is 561 Å². The van der Waals surface area contributed by atoms with Crippen LogP contribution < -0.4 is 59.3 Å². The zero-order valence-corrected chi connectivity index (χ0v) is 60.8. The number of benzene rings is 2. The quantitative estimate of drug-likeness (QED) is 0.0153. The Labute approximate surface area is 614 Å². The molecule has 4 unspecified atom stereocenters. The number of aromatic amines is 2. The van der Waals surface area contributed by atoms with Gasteiger partial charge in [0.15, 0.2) is 0 Å². The van der Waals surface area contributed by atoms with Crippen LogP contribution in [0, 0.1) is 22.0 Å². The number of carboxylic acids is 3. The number of rotatable bonds is 41. The van der Waals surface area contributed by atoms with Crippen LogP contribution in [0.1, 0.15) is 87.5 Å². The first-order valence-corrected chi connectivity index (χ1v) is 35.7. The van der Waals surface area contributed by atoms with Crippen LogP contribution in [-0.4, -0.2) is 277 Å². The van der Waals surface area contributed by atoms with Crippen molar-refractivity contribution in [3.8, 4) is 0 Å². The second-order valence-electron chi connectivity index (χ2n) is 26.3. The van der Waals surface area contributed by atoms with Crippen LogP contribution >= 0.6 is 11.8 Å². The van der Waals surface area contributed by atoms with E-state index in [1.807, 2.05) is 20.1 Å². The fourth-order valence-corrected chi connectivity index (χ4v) is 11.8. The number of thioether (sulfide) groups is 1. The maximum atomic E-state index is 14.5. The summed E-state index contributed by atoms with van der Waals surface area (Å²) in [4.78, 5) is 213. The summed E-state index contributed by atoms with van der Waals surface area (Å²) in [5.41, 5.74) is 11.6. The summed E-state index contributed by atoms with van der Waals surface area (Å²) in [6, 6.07) is 0.793. The number of carbonyl (C=O) groups excluding carboxylic acids is 11. The number of hydrogen-bond donors (Lipinski definition) is 16. The predicted octanol–water partition coefficient (Wildman–Crippen LogP) is -3.27. The summed E-state index contributed by atoms with van der Waals surface area (Å²) >= 11 is 1.44. The van der Waals surface area contributed by atoms with E-state index in [0.29, 0.717) is 27.9 Å². The number of carboxylic acid groups (broad SMARTS) is 3. The van der Waals surface area contributed by atoms with Crippen molar-refractivity contribution in [2.24, 2.45) is 23.3 Å². The van der Waals surface area contributed by atoms with Gasteiger partial charge in [0, 0.05) is 124 Å². The molecule has 2 aromatic carbocycles. The van der Waals surface area contributed by atoms with Gasteiger partial charge in [-0.25, -0.2) is 4.98 Å². The van der Waals surface area contributed by atoms with E-state index < -0.39 is 181 Å². The minimum atomic E-state index is -1.65. The molecule has 0 saturated carbocycles. The lowest BCUT2D eigenvalue weighted by atomic mass is 10.0. The molecule has 2 aromatic heterocycles. The number of aliphatic carboxylic acids is 3. The molecule has 1 fully saturated rings. The van der Waals surface area contributed by atoms with Gasteiger partial charge in [-0.05, 0) is 73.8 Å². The number of nitrogens with two attached hydrogens (primary N) is 2. The lowest BCUT2D eigenvalue weighted by Crippen LogP contribution is -2.59. The number of imidazole rings is 1. The van der Waals surface area contributed by atoms with Crippen molar-refractivity contribution in [2.45, 2.75) is 122 Å². The zero-order chi connectivity index (χ0) is 78.3. The number of hydrogen-bond acceptors (Lipinski definition) is 22. The summed E-state index contributed by atoms with van der Waals surface area (Å²) in [6.45, 7) is 6.47. The van der Waals surface area contributed by atoms with Crippen LogP contribution in [0.5, 0.6) is 0 Å². The first-order chi connectivity index (χ1) is 50.2. The highest BCUT2D eigenvalue weighted by molar-refractivity contribution is 7.98. The van der Waals surface area contributed by atoms with Gasteiger partial charge < -0.3 is 84.6 Å². The number of primary amides is 2. The fourth-order valence-electron chi connectivity index (χ4n) is 11.4. The smallest absolute Gasteiger partial charge is 0.317 e. The number of nitro groups is 1. The van der Waals surface area contributed by atoms with E-state index in [2.05, 4.69) is 62.8 Å². The van der Waals surface area contributed by atoms with Crippen molar-refractivity contribution < 1.29 is 87.4 Å². The third-order valence-corrected chi connectivity index (χ3v) is 17.7. The summed E-state index contributed by atoms with van der Waals surface area (Å²) in [5, 5.41) is 65.1. The molecule has 1 aliphatic heterocycles. The van der Waals surface area contributed by atoms with E-state index in [1.54, 1.807) is 63.9 Å². The van der Waals surface area contributed by atoms with E-state index in [4.69, 9.17) is 11.5 Å². The molecule has 1 aliphatic rings. The highest BCUT2D eigenvalue weighted by Crippen LogP contribution is 2.23. The van der Waals surface area contributed by atoms with Crippen LogP contribution in [0.4, 0.5) is 5.69 Å². The Hall–Kier alpha value is -10.6. The van der Waals surface area contributed by atoms with Crippen molar-refractivity contribution in [3.05, 3.63) is 93.7 Å². The van der Waals surface area contributed by atoms with Crippen molar-refractivity contribution in [2.75, 3.05) is 97.1 Å². The Bertz CT molecular complexity index is 3710. The number of fused-ring (bicyclic) bond motifs is 1. The predicted molar refractivity (Wildman–Crippen MR) is 384 cm³/mol. The number of para-hydroxylation sites is 1. The molecule has 3 heterocycles. The van der Waals surface area contributed by atoms with E-state index in [9.17, 15) is 92.6 Å². The van der Waals surface area contributed by atoms with Gasteiger partial charge in [0.2, 0.25) is 59.1 Å². The van der Waals surface area contributed by atoms with Crippen LogP contribution in [0.25, 0.3) is 10.9 Å². The molecule has 39 heteroatoms. The van der Waals surface area contributed by atoms with Gasteiger partial charge in [-0.15, -0.1) is 0 Å². The van der Waals surface area contributed by atoms with Crippen LogP contribution in [0.3, 0.4) is 0 Å². The van der Waals surface area contributed by atoms with Gasteiger partial charge in [0.05, 0.1) is 44.0 Å². The zero-order valence-electron chi connectivity index (χ0n) is 59.9. The highest BCUT2D eigenvalue weighted by atomic mass is 32.2. The van der Waals surface area contributed by atoms with Gasteiger partial charge in [-0.3, -0.25) is 96.8 Å². The molecule has 580 valence electrons. The number of nitrogens with one attached hydrogen (secondary N) is 11. The molecule has 7 atom stereocenters. The molecular weight excluding hydrogens is 1410 g/mol. The van der Waals surface area contributed by atoms with Crippen molar-refractivity contribution in [1.29, 1.82) is 0 Å².